The molecule has 0 saturated heterocycles. The number of para-hydroxylation sites is 2. The summed E-state index contributed by atoms with van der Waals surface area (Å²) in [5.41, 5.74) is 2.29. The van der Waals surface area contributed by atoms with Crippen LogP contribution in [0, 0.1) is 5.92 Å². The molecule has 0 bridgehead atoms. The summed E-state index contributed by atoms with van der Waals surface area (Å²) in [6, 6.07) is 7.53. The second kappa shape index (κ2) is 6.29. The van der Waals surface area contributed by atoms with Crippen molar-refractivity contribution in [1.82, 2.24) is 9.78 Å². The van der Waals surface area contributed by atoms with Gasteiger partial charge in [-0.2, -0.15) is 5.10 Å². The molecule has 108 valence electrons. The Morgan fingerprint density at radius 2 is 2.05 bits per heavy atom. The van der Waals surface area contributed by atoms with E-state index in [1.54, 1.807) is 11.8 Å². The fourth-order valence-electron chi connectivity index (χ4n) is 2.14. The maximum atomic E-state index is 9.53. The van der Waals surface area contributed by atoms with Crippen molar-refractivity contribution >= 4 is 11.6 Å². The fraction of sp³-hybridized carbons (Fsp3) is 0.400. The highest BCUT2D eigenvalue weighted by molar-refractivity contribution is 6.30. The Bertz CT molecular complexity index is 594. The second-order valence-electron chi connectivity index (χ2n) is 5.06. The van der Waals surface area contributed by atoms with Crippen molar-refractivity contribution < 1.29 is 9.84 Å². The van der Waals surface area contributed by atoms with Crippen LogP contribution in [-0.4, -0.2) is 22.0 Å². The highest BCUT2D eigenvalue weighted by Gasteiger charge is 2.19. The molecule has 1 heterocycles. The van der Waals surface area contributed by atoms with Gasteiger partial charge in [0.2, 0.25) is 0 Å². The molecule has 1 N–H and O–H groups in total. The largest absolute Gasteiger partial charge is 0.494 e. The number of ether oxygens (including phenoxy) is 1. The van der Waals surface area contributed by atoms with E-state index in [2.05, 4.69) is 18.9 Å². The van der Waals surface area contributed by atoms with Gasteiger partial charge in [0.15, 0.2) is 0 Å². The summed E-state index contributed by atoms with van der Waals surface area (Å²) < 4.78 is 6.97. The Morgan fingerprint density at radius 1 is 1.35 bits per heavy atom. The molecule has 1 aromatic heterocycles. The van der Waals surface area contributed by atoms with E-state index in [4.69, 9.17) is 16.3 Å². The van der Waals surface area contributed by atoms with Gasteiger partial charge in [0.05, 0.1) is 19.4 Å². The summed E-state index contributed by atoms with van der Waals surface area (Å²) in [7, 11) is 1.61. The number of halogens is 1. The molecule has 2 aromatic rings. The molecule has 0 atom stereocenters. The summed E-state index contributed by atoms with van der Waals surface area (Å²) in [5.74, 6) is 1.13. The maximum absolute atomic E-state index is 9.53. The minimum Gasteiger partial charge on any atom is -0.494 e. The van der Waals surface area contributed by atoms with Crippen molar-refractivity contribution in [3.05, 3.63) is 40.7 Å². The first-order chi connectivity index (χ1) is 9.58. The molecule has 4 nitrogen and oxygen atoms in total. The number of hydrogen-bond donors (Lipinski definition) is 1. The lowest BCUT2D eigenvalue weighted by Gasteiger charge is -2.08. The average molecular weight is 295 g/mol. The fourth-order valence-corrected chi connectivity index (χ4v) is 2.44. The molecule has 0 saturated carbocycles. The van der Waals surface area contributed by atoms with E-state index in [0.717, 1.165) is 17.8 Å². The Balaban J connectivity index is 2.54. The van der Waals surface area contributed by atoms with Gasteiger partial charge >= 0.3 is 0 Å². The molecule has 0 unspecified atom stereocenters. The topological polar surface area (TPSA) is 47.3 Å². The first-order valence-corrected chi connectivity index (χ1v) is 6.96. The quantitative estimate of drug-likeness (QED) is 0.921. The predicted octanol–water partition coefficient (Wildman–Crippen LogP) is 3.23. The van der Waals surface area contributed by atoms with Crippen LogP contribution in [0.15, 0.2) is 24.3 Å². The Kier molecular flexibility index (Phi) is 4.68. The normalized spacial score (nSPS) is 11.1. The van der Waals surface area contributed by atoms with Crippen molar-refractivity contribution in [2.45, 2.75) is 26.9 Å². The molecule has 0 amide bonds. The van der Waals surface area contributed by atoms with Crippen molar-refractivity contribution in [2.75, 3.05) is 7.11 Å². The minimum absolute atomic E-state index is 0.115. The van der Waals surface area contributed by atoms with Gasteiger partial charge in [-0.05, 0) is 24.5 Å². The van der Waals surface area contributed by atoms with Crippen LogP contribution in [-0.2, 0) is 13.0 Å². The van der Waals surface area contributed by atoms with Crippen LogP contribution in [0.4, 0.5) is 0 Å². The molecule has 1 aromatic carbocycles. The van der Waals surface area contributed by atoms with Crippen LogP contribution in [0.25, 0.3) is 5.69 Å². The number of rotatable bonds is 5. The number of hydrogen-bond acceptors (Lipinski definition) is 3. The van der Waals surface area contributed by atoms with Crippen molar-refractivity contribution in [2.24, 2.45) is 5.92 Å². The highest BCUT2D eigenvalue weighted by atomic mass is 35.5. The van der Waals surface area contributed by atoms with E-state index in [0.29, 0.717) is 22.4 Å². The van der Waals surface area contributed by atoms with E-state index in [1.165, 1.54) is 0 Å². The molecule has 2 rings (SSSR count). The number of benzene rings is 1. The van der Waals surface area contributed by atoms with Crippen LogP contribution in [0.5, 0.6) is 5.75 Å². The van der Waals surface area contributed by atoms with Gasteiger partial charge in [-0.25, -0.2) is 4.68 Å². The Labute approximate surface area is 123 Å². The number of aliphatic hydroxyl groups excluding tert-OH is 1. The van der Waals surface area contributed by atoms with Crippen LogP contribution in [0.1, 0.15) is 25.1 Å². The van der Waals surface area contributed by atoms with Crippen LogP contribution in [0.3, 0.4) is 0 Å². The zero-order valence-corrected chi connectivity index (χ0v) is 12.7. The lowest BCUT2D eigenvalue weighted by atomic mass is 10.1. The lowest BCUT2D eigenvalue weighted by Crippen LogP contribution is -2.02. The third-order valence-electron chi connectivity index (χ3n) is 3.08. The molecular formula is C15H19ClN2O2. The zero-order chi connectivity index (χ0) is 14.7. The number of methoxy groups -OCH3 is 1. The van der Waals surface area contributed by atoms with Crippen LogP contribution < -0.4 is 4.74 Å². The lowest BCUT2D eigenvalue weighted by molar-refractivity contribution is 0.280. The first kappa shape index (κ1) is 14.9. The predicted molar refractivity (Wildman–Crippen MR) is 79.6 cm³/mol. The van der Waals surface area contributed by atoms with Gasteiger partial charge in [-0.15, -0.1) is 0 Å². The number of nitrogens with zero attached hydrogens (tertiary/aromatic N) is 2. The molecule has 0 spiro atoms. The number of aromatic nitrogens is 2. The average Bonchev–Trinajstić information content (AvgIpc) is 2.74. The monoisotopic (exact) mass is 294 g/mol. The van der Waals surface area contributed by atoms with Crippen molar-refractivity contribution in [3.63, 3.8) is 0 Å². The van der Waals surface area contributed by atoms with E-state index >= 15 is 0 Å². The van der Waals surface area contributed by atoms with Gasteiger partial charge in [0.1, 0.15) is 16.6 Å². The Hall–Kier alpha value is -1.52. The smallest absolute Gasteiger partial charge is 0.144 e. The van der Waals surface area contributed by atoms with E-state index < -0.39 is 0 Å². The first-order valence-electron chi connectivity index (χ1n) is 6.59. The van der Waals surface area contributed by atoms with Gasteiger partial charge in [0.25, 0.3) is 0 Å². The van der Waals surface area contributed by atoms with Crippen molar-refractivity contribution in [3.8, 4) is 11.4 Å². The Morgan fingerprint density at radius 3 is 2.65 bits per heavy atom. The molecule has 0 radical (unpaired) electrons. The van der Waals surface area contributed by atoms with Crippen LogP contribution in [0.2, 0.25) is 5.15 Å². The maximum Gasteiger partial charge on any atom is 0.144 e. The van der Waals surface area contributed by atoms with Crippen LogP contribution >= 0.6 is 11.6 Å². The van der Waals surface area contributed by atoms with E-state index in [-0.39, 0.29) is 6.61 Å². The second-order valence-corrected chi connectivity index (χ2v) is 5.41. The highest BCUT2D eigenvalue weighted by Crippen LogP contribution is 2.29. The summed E-state index contributed by atoms with van der Waals surface area (Å²) in [5, 5.41) is 14.5. The standard InChI is InChI=1S/C15H19ClN2O2/c1-10(2)8-12-11(9-19)15(16)18(17-12)13-6-4-5-7-14(13)20-3/h4-7,10,19H,8-9H2,1-3H3. The van der Waals surface area contributed by atoms with E-state index in [9.17, 15) is 5.11 Å². The van der Waals surface area contributed by atoms with Gasteiger partial charge in [-0.3, -0.25) is 0 Å². The molecule has 5 heteroatoms. The SMILES string of the molecule is COc1ccccc1-n1nc(CC(C)C)c(CO)c1Cl. The zero-order valence-electron chi connectivity index (χ0n) is 11.9. The van der Waals surface area contributed by atoms with Gasteiger partial charge in [-0.1, -0.05) is 37.6 Å². The van der Waals surface area contributed by atoms with E-state index in [1.807, 2.05) is 24.3 Å². The van der Waals surface area contributed by atoms with Gasteiger partial charge < -0.3 is 9.84 Å². The summed E-state index contributed by atoms with van der Waals surface area (Å²) >= 11 is 6.36. The summed E-state index contributed by atoms with van der Waals surface area (Å²) in [6.07, 6.45) is 0.776. The summed E-state index contributed by atoms with van der Waals surface area (Å²) in [4.78, 5) is 0. The van der Waals surface area contributed by atoms with Gasteiger partial charge in [0, 0.05) is 5.56 Å². The molecular weight excluding hydrogens is 276 g/mol. The third kappa shape index (κ3) is 2.81. The molecule has 0 fully saturated rings. The summed E-state index contributed by atoms with van der Waals surface area (Å²) in [6.45, 7) is 4.10. The van der Waals surface area contributed by atoms with Crippen molar-refractivity contribution in [1.29, 1.82) is 0 Å². The molecule has 0 aliphatic rings. The minimum atomic E-state index is -0.115. The molecule has 20 heavy (non-hydrogen) atoms. The molecule has 0 aliphatic heterocycles. The molecule has 0 aliphatic carbocycles. The third-order valence-corrected chi connectivity index (χ3v) is 3.47. The number of aliphatic hydroxyl groups is 1.